The zero-order chi connectivity index (χ0) is 21.2. The Hall–Kier alpha value is -1.38. The molecule has 1 aromatic heterocycles. The molecule has 2 atom stereocenters. The highest BCUT2D eigenvalue weighted by atomic mass is 16.3. The van der Waals surface area contributed by atoms with Crippen LogP contribution in [0.4, 0.5) is 0 Å². The molecule has 2 aliphatic rings. The summed E-state index contributed by atoms with van der Waals surface area (Å²) in [6.07, 6.45) is 27.2. The number of fused-ring (bicyclic) bond motifs is 5. The largest absolute Gasteiger partial charge is 0.494 e. The summed E-state index contributed by atoms with van der Waals surface area (Å²) in [7, 11) is 0. The Morgan fingerprint density at radius 1 is 0.633 bits per heavy atom. The lowest BCUT2D eigenvalue weighted by molar-refractivity contribution is 0.355. The van der Waals surface area contributed by atoms with Gasteiger partial charge in [0, 0.05) is 29.5 Å². The van der Waals surface area contributed by atoms with Crippen LogP contribution in [-0.2, 0) is 6.54 Å². The molecular weight excluding hydrogens is 370 g/mol. The monoisotopic (exact) mass is 415 g/mol. The molecule has 0 amide bonds. The summed E-state index contributed by atoms with van der Waals surface area (Å²) < 4.78 is 1.75. The Bertz CT molecular complexity index is 625. The van der Waals surface area contributed by atoms with Gasteiger partial charge in [-0.3, -0.25) is 4.57 Å². The van der Waals surface area contributed by atoms with Crippen LogP contribution in [0.5, 0.6) is 11.8 Å². The molecule has 2 N–H and O–H groups in total. The van der Waals surface area contributed by atoms with Gasteiger partial charge in [-0.25, -0.2) is 0 Å². The van der Waals surface area contributed by atoms with Gasteiger partial charge in [0.2, 0.25) is 0 Å². The number of hydrogen-bond acceptors (Lipinski definition) is 2. The Labute approximate surface area is 184 Å². The fourth-order valence-electron chi connectivity index (χ4n) is 5.52. The van der Waals surface area contributed by atoms with Crippen LogP contribution in [0.3, 0.4) is 0 Å². The lowest BCUT2D eigenvalue weighted by atomic mass is 10.0. The van der Waals surface area contributed by atoms with Crippen molar-refractivity contribution in [3.8, 4) is 11.8 Å². The molecule has 2 aliphatic carbocycles. The van der Waals surface area contributed by atoms with Crippen molar-refractivity contribution in [2.45, 2.75) is 134 Å². The molecule has 1 heterocycles. The minimum absolute atomic E-state index is 0.320. The molecule has 0 aliphatic heterocycles. The van der Waals surface area contributed by atoms with Crippen molar-refractivity contribution in [1.82, 2.24) is 4.57 Å². The summed E-state index contributed by atoms with van der Waals surface area (Å²) in [5, 5.41) is 21.1. The molecule has 3 nitrogen and oxygen atoms in total. The molecule has 0 spiro atoms. The topological polar surface area (TPSA) is 45.4 Å². The van der Waals surface area contributed by atoms with Gasteiger partial charge in [0.05, 0.1) is 0 Å². The Kier molecular flexibility index (Phi) is 9.68. The lowest BCUT2D eigenvalue weighted by Crippen LogP contribution is -1.99. The number of aromatic hydroxyl groups is 2. The van der Waals surface area contributed by atoms with Gasteiger partial charge >= 0.3 is 0 Å². The van der Waals surface area contributed by atoms with Crippen LogP contribution in [0.1, 0.15) is 139 Å². The van der Waals surface area contributed by atoms with Crippen LogP contribution < -0.4 is 0 Å². The number of nitrogens with zero attached hydrogens (tertiary/aromatic N) is 1. The summed E-state index contributed by atoms with van der Waals surface area (Å²) in [6, 6.07) is 0. The summed E-state index contributed by atoms with van der Waals surface area (Å²) in [5.41, 5.74) is 1.99. The standard InChI is InChI=1S/C27H45NO2/c1-2-3-4-5-6-7-8-9-10-11-12-13-14-15-16-17-20-28-26(29)24-22-18-19-23(21-22)25(24)27(28)30/h18-19,22-23,29-30H,2-17,20-21H2,1H3. The predicted molar refractivity (Wildman–Crippen MR) is 127 cm³/mol. The van der Waals surface area contributed by atoms with E-state index >= 15 is 0 Å². The SMILES string of the molecule is CCCCCCCCCCCCCCCCCCn1c(O)c2c(c1O)C1C=CC2C1. The van der Waals surface area contributed by atoms with Gasteiger partial charge in [-0.2, -0.15) is 0 Å². The Balaban J connectivity index is 1.14. The van der Waals surface area contributed by atoms with E-state index in [9.17, 15) is 10.2 Å². The van der Waals surface area contributed by atoms with E-state index in [1.807, 2.05) is 0 Å². The van der Waals surface area contributed by atoms with Gasteiger partial charge in [0.1, 0.15) is 0 Å². The molecule has 170 valence electrons. The first-order valence-electron chi connectivity index (χ1n) is 13.1. The molecule has 0 saturated heterocycles. The van der Waals surface area contributed by atoms with Crippen molar-refractivity contribution in [2.75, 3.05) is 0 Å². The highest BCUT2D eigenvalue weighted by molar-refractivity contribution is 5.58. The highest BCUT2D eigenvalue weighted by Gasteiger charge is 2.40. The number of aromatic nitrogens is 1. The average Bonchev–Trinajstić information content (AvgIpc) is 3.43. The normalized spacial score (nSPS) is 19.1. The third-order valence-corrected chi connectivity index (χ3v) is 7.34. The molecule has 0 saturated carbocycles. The van der Waals surface area contributed by atoms with Crippen molar-refractivity contribution >= 4 is 0 Å². The van der Waals surface area contributed by atoms with Gasteiger partial charge < -0.3 is 10.2 Å². The molecule has 30 heavy (non-hydrogen) atoms. The van der Waals surface area contributed by atoms with Crippen LogP contribution in [0, 0.1) is 0 Å². The van der Waals surface area contributed by atoms with E-state index in [-0.39, 0.29) is 0 Å². The first kappa shape index (κ1) is 23.3. The van der Waals surface area contributed by atoms with Gasteiger partial charge in [-0.1, -0.05) is 115 Å². The van der Waals surface area contributed by atoms with Crippen molar-refractivity contribution in [3.05, 3.63) is 23.3 Å². The van der Waals surface area contributed by atoms with Crippen LogP contribution in [0.2, 0.25) is 0 Å². The van der Waals surface area contributed by atoms with Gasteiger partial charge in [0.25, 0.3) is 0 Å². The van der Waals surface area contributed by atoms with Crippen LogP contribution in [0.25, 0.3) is 0 Å². The summed E-state index contributed by atoms with van der Waals surface area (Å²) in [5.74, 6) is 1.28. The zero-order valence-electron chi connectivity index (χ0n) is 19.4. The fourth-order valence-corrected chi connectivity index (χ4v) is 5.52. The van der Waals surface area contributed by atoms with Crippen LogP contribution >= 0.6 is 0 Å². The summed E-state index contributed by atoms with van der Waals surface area (Å²) in [6.45, 7) is 3.02. The molecule has 2 unspecified atom stereocenters. The number of allylic oxidation sites excluding steroid dienone is 2. The van der Waals surface area contributed by atoms with E-state index in [1.54, 1.807) is 4.57 Å². The van der Waals surface area contributed by atoms with E-state index in [2.05, 4.69) is 19.1 Å². The quantitative estimate of drug-likeness (QED) is 0.198. The number of hydrogen-bond donors (Lipinski definition) is 2. The Morgan fingerprint density at radius 3 is 1.40 bits per heavy atom. The first-order valence-corrected chi connectivity index (χ1v) is 13.1. The van der Waals surface area contributed by atoms with Crippen molar-refractivity contribution in [1.29, 1.82) is 0 Å². The molecule has 0 aromatic carbocycles. The average molecular weight is 416 g/mol. The summed E-state index contributed by atoms with van der Waals surface area (Å²) in [4.78, 5) is 0. The third-order valence-electron chi connectivity index (χ3n) is 7.34. The number of unbranched alkanes of at least 4 members (excludes halogenated alkanes) is 15. The predicted octanol–water partition coefficient (Wildman–Crippen LogP) is 8.30. The van der Waals surface area contributed by atoms with Crippen molar-refractivity contribution < 1.29 is 10.2 Å². The second-order valence-corrected chi connectivity index (χ2v) is 9.76. The van der Waals surface area contributed by atoms with E-state index in [4.69, 9.17) is 0 Å². The molecule has 3 rings (SSSR count). The van der Waals surface area contributed by atoms with Crippen LogP contribution in [-0.4, -0.2) is 14.8 Å². The van der Waals surface area contributed by atoms with Gasteiger partial charge in [-0.05, 0) is 12.8 Å². The maximum absolute atomic E-state index is 10.5. The molecular formula is C27H45NO2. The molecule has 2 bridgehead atoms. The fraction of sp³-hybridized carbons (Fsp3) is 0.778. The van der Waals surface area contributed by atoms with E-state index in [1.165, 1.54) is 96.3 Å². The summed E-state index contributed by atoms with van der Waals surface area (Å²) >= 11 is 0. The lowest BCUT2D eigenvalue weighted by Gasteiger charge is -2.09. The number of rotatable bonds is 17. The van der Waals surface area contributed by atoms with Crippen molar-refractivity contribution in [3.63, 3.8) is 0 Å². The third kappa shape index (κ3) is 6.08. The minimum atomic E-state index is 0.320. The van der Waals surface area contributed by atoms with E-state index < -0.39 is 0 Å². The first-order chi connectivity index (χ1) is 14.7. The maximum atomic E-state index is 10.5. The molecule has 1 aromatic rings. The van der Waals surface area contributed by atoms with Crippen LogP contribution in [0.15, 0.2) is 12.2 Å². The van der Waals surface area contributed by atoms with Gasteiger partial charge in [-0.15, -0.1) is 0 Å². The molecule has 0 fully saturated rings. The van der Waals surface area contributed by atoms with E-state index in [0.717, 1.165) is 30.5 Å². The second-order valence-electron chi connectivity index (χ2n) is 9.76. The molecule has 3 heteroatoms. The Morgan fingerprint density at radius 2 is 1.00 bits per heavy atom. The highest BCUT2D eigenvalue weighted by Crippen LogP contribution is 2.56. The smallest absolute Gasteiger partial charge is 0.198 e. The van der Waals surface area contributed by atoms with Crippen molar-refractivity contribution in [2.24, 2.45) is 0 Å². The maximum Gasteiger partial charge on any atom is 0.198 e. The van der Waals surface area contributed by atoms with Gasteiger partial charge in [0.15, 0.2) is 11.8 Å². The minimum Gasteiger partial charge on any atom is -0.494 e. The second kappa shape index (κ2) is 12.5. The molecule has 0 radical (unpaired) electrons. The van der Waals surface area contributed by atoms with E-state index in [0.29, 0.717) is 23.6 Å². The zero-order valence-corrected chi connectivity index (χ0v) is 19.4.